The number of aromatic nitrogens is 1. The van der Waals surface area contributed by atoms with Crippen LogP contribution in [0.5, 0.6) is 0 Å². The summed E-state index contributed by atoms with van der Waals surface area (Å²) in [5.41, 5.74) is 3.57. The van der Waals surface area contributed by atoms with Gasteiger partial charge in [0.1, 0.15) is 11.5 Å². The molecule has 0 unspecified atom stereocenters. The number of rotatable bonds is 3. The summed E-state index contributed by atoms with van der Waals surface area (Å²) in [5, 5.41) is 3.98. The van der Waals surface area contributed by atoms with Crippen LogP contribution in [0.15, 0.2) is 59.1 Å². The van der Waals surface area contributed by atoms with E-state index in [9.17, 15) is 9.18 Å². The average molecular weight is 350 g/mol. The van der Waals surface area contributed by atoms with Crippen LogP contribution in [0.1, 0.15) is 40.6 Å². The smallest absolute Gasteiger partial charge is 0.292 e. The fourth-order valence-electron chi connectivity index (χ4n) is 3.51. The maximum atomic E-state index is 13.1. The van der Waals surface area contributed by atoms with Crippen LogP contribution in [0.2, 0.25) is 0 Å². The van der Waals surface area contributed by atoms with Crippen LogP contribution in [-0.2, 0) is 0 Å². The molecule has 3 aromatic rings. The molecular weight excluding hydrogens is 331 g/mol. The minimum absolute atomic E-state index is 0.0572. The Kier molecular flexibility index (Phi) is 4.29. The molecule has 0 saturated carbocycles. The van der Waals surface area contributed by atoms with Crippen LogP contribution >= 0.6 is 0 Å². The van der Waals surface area contributed by atoms with Gasteiger partial charge in [-0.25, -0.2) is 4.39 Å². The summed E-state index contributed by atoms with van der Waals surface area (Å²) < 4.78 is 18.4. The number of carbonyl (C=O) groups excluding carboxylic acids is 1. The predicted octanol–water partition coefficient (Wildman–Crippen LogP) is 4.77. The van der Waals surface area contributed by atoms with E-state index in [0.717, 1.165) is 18.4 Å². The highest BCUT2D eigenvalue weighted by Crippen LogP contribution is 2.34. The van der Waals surface area contributed by atoms with Crippen LogP contribution in [0.3, 0.4) is 0 Å². The lowest BCUT2D eigenvalue weighted by molar-refractivity contribution is 0.0693. The average Bonchev–Trinajstić information content (AvgIpc) is 3.32. The molecule has 1 aliphatic rings. The molecule has 1 saturated heterocycles. The van der Waals surface area contributed by atoms with E-state index < -0.39 is 0 Å². The van der Waals surface area contributed by atoms with Gasteiger partial charge in [0.15, 0.2) is 0 Å². The third-order valence-electron chi connectivity index (χ3n) is 4.80. The van der Waals surface area contributed by atoms with Gasteiger partial charge in [0.2, 0.25) is 5.76 Å². The molecule has 0 aliphatic carbocycles. The Balaban J connectivity index is 1.58. The van der Waals surface area contributed by atoms with E-state index in [1.165, 1.54) is 17.7 Å². The van der Waals surface area contributed by atoms with E-state index in [1.807, 2.05) is 11.0 Å². The molecule has 0 radical (unpaired) electrons. The van der Waals surface area contributed by atoms with Crippen molar-refractivity contribution in [3.05, 3.63) is 77.3 Å². The Morgan fingerprint density at radius 3 is 2.77 bits per heavy atom. The molecule has 5 heteroatoms. The second kappa shape index (κ2) is 6.75. The molecule has 1 amide bonds. The van der Waals surface area contributed by atoms with Crippen LogP contribution in [0, 0.1) is 12.7 Å². The number of hydrogen-bond acceptors (Lipinski definition) is 3. The van der Waals surface area contributed by atoms with Crippen molar-refractivity contribution in [3.8, 4) is 11.3 Å². The quantitative estimate of drug-likeness (QED) is 0.684. The highest BCUT2D eigenvalue weighted by molar-refractivity contribution is 5.93. The first-order chi connectivity index (χ1) is 12.6. The van der Waals surface area contributed by atoms with Crippen molar-refractivity contribution in [1.29, 1.82) is 0 Å². The highest BCUT2D eigenvalue weighted by Gasteiger charge is 2.32. The van der Waals surface area contributed by atoms with Gasteiger partial charge in [-0.3, -0.25) is 4.79 Å². The normalized spacial score (nSPS) is 16.8. The van der Waals surface area contributed by atoms with Gasteiger partial charge in [0.25, 0.3) is 5.91 Å². The van der Waals surface area contributed by atoms with E-state index in [-0.39, 0.29) is 23.5 Å². The van der Waals surface area contributed by atoms with Crippen LogP contribution in [0.25, 0.3) is 11.3 Å². The van der Waals surface area contributed by atoms with Crippen LogP contribution < -0.4 is 0 Å². The van der Waals surface area contributed by atoms with Crippen molar-refractivity contribution >= 4 is 5.91 Å². The molecule has 4 rings (SSSR count). The zero-order chi connectivity index (χ0) is 18.1. The standard InChI is InChI=1S/C21H19FN2O2/c1-14-4-2-5-16(12-14)19-6-3-11-24(19)21(25)20-13-18(23-26-20)15-7-9-17(22)10-8-15/h2,4-5,7-10,12-13,19H,3,6,11H2,1H3/t19-/m1/s1. The van der Waals surface area contributed by atoms with Gasteiger partial charge in [-0.1, -0.05) is 35.0 Å². The first-order valence-corrected chi connectivity index (χ1v) is 8.72. The zero-order valence-corrected chi connectivity index (χ0v) is 14.5. The summed E-state index contributed by atoms with van der Waals surface area (Å²) in [5.74, 6) is -0.259. The molecule has 0 spiro atoms. The molecular formula is C21H19FN2O2. The molecule has 0 N–H and O–H groups in total. The number of amides is 1. The molecule has 1 fully saturated rings. The first-order valence-electron chi connectivity index (χ1n) is 8.72. The molecule has 2 aromatic carbocycles. The van der Waals surface area contributed by atoms with E-state index in [2.05, 4.69) is 30.3 Å². The summed E-state index contributed by atoms with van der Waals surface area (Å²) in [4.78, 5) is 14.8. The Morgan fingerprint density at radius 2 is 2.00 bits per heavy atom. The largest absolute Gasteiger partial charge is 0.350 e. The molecule has 1 aromatic heterocycles. The maximum Gasteiger partial charge on any atom is 0.292 e. The van der Waals surface area contributed by atoms with Gasteiger partial charge in [0, 0.05) is 18.2 Å². The lowest BCUT2D eigenvalue weighted by Gasteiger charge is -2.24. The van der Waals surface area contributed by atoms with Crippen molar-refractivity contribution in [2.75, 3.05) is 6.54 Å². The summed E-state index contributed by atoms with van der Waals surface area (Å²) in [6, 6.07) is 15.9. The number of nitrogens with zero attached hydrogens (tertiary/aromatic N) is 2. The van der Waals surface area contributed by atoms with Gasteiger partial charge >= 0.3 is 0 Å². The molecule has 1 atom stereocenters. The summed E-state index contributed by atoms with van der Waals surface area (Å²) >= 11 is 0. The van der Waals surface area contributed by atoms with Crippen LogP contribution in [-0.4, -0.2) is 22.5 Å². The van der Waals surface area contributed by atoms with Gasteiger partial charge in [-0.2, -0.15) is 0 Å². The minimum Gasteiger partial charge on any atom is -0.350 e. The van der Waals surface area contributed by atoms with Gasteiger partial charge in [0.05, 0.1) is 6.04 Å². The number of carbonyl (C=O) groups is 1. The summed E-state index contributed by atoms with van der Waals surface area (Å²) in [6.45, 7) is 2.75. The number of hydrogen-bond donors (Lipinski definition) is 0. The third-order valence-corrected chi connectivity index (χ3v) is 4.80. The van der Waals surface area contributed by atoms with Crippen molar-refractivity contribution < 1.29 is 13.7 Å². The SMILES string of the molecule is Cc1cccc([C@H]2CCCN2C(=O)c2cc(-c3ccc(F)cc3)no2)c1. The lowest BCUT2D eigenvalue weighted by Crippen LogP contribution is -2.30. The van der Waals surface area contributed by atoms with Crippen LogP contribution in [0.4, 0.5) is 4.39 Å². The second-order valence-corrected chi connectivity index (χ2v) is 6.65. The molecule has 0 bridgehead atoms. The first kappa shape index (κ1) is 16.5. The second-order valence-electron chi connectivity index (χ2n) is 6.65. The Bertz CT molecular complexity index is 933. The lowest BCUT2D eigenvalue weighted by atomic mass is 10.0. The number of likely N-dealkylation sites (tertiary alicyclic amines) is 1. The number of halogens is 1. The maximum absolute atomic E-state index is 13.1. The molecule has 1 aliphatic heterocycles. The predicted molar refractivity (Wildman–Crippen MR) is 96.1 cm³/mol. The van der Waals surface area contributed by atoms with Crippen molar-refractivity contribution in [2.24, 2.45) is 0 Å². The van der Waals surface area contributed by atoms with Crippen molar-refractivity contribution in [3.63, 3.8) is 0 Å². The minimum atomic E-state index is -0.313. The Labute approximate surface area is 151 Å². The summed E-state index contributed by atoms with van der Waals surface area (Å²) in [6.07, 6.45) is 1.90. The number of benzene rings is 2. The highest BCUT2D eigenvalue weighted by atomic mass is 19.1. The molecule has 2 heterocycles. The van der Waals surface area contributed by atoms with E-state index in [0.29, 0.717) is 17.8 Å². The topological polar surface area (TPSA) is 46.3 Å². The monoisotopic (exact) mass is 350 g/mol. The zero-order valence-electron chi connectivity index (χ0n) is 14.5. The van der Waals surface area contributed by atoms with E-state index >= 15 is 0 Å². The van der Waals surface area contributed by atoms with E-state index in [4.69, 9.17) is 4.52 Å². The van der Waals surface area contributed by atoms with Gasteiger partial charge in [-0.15, -0.1) is 0 Å². The molecule has 26 heavy (non-hydrogen) atoms. The fourth-order valence-corrected chi connectivity index (χ4v) is 3.51. The van der Waals surface area contributed by atoms with Gasteiger partial charge in [-0.05, 0) is 49.6 Å². The van der Waals surface area contributed by atoms with Gasteiger partial charge < -0.3 is 9.42 Å². The molecule has 132 valence electrons. The Morgan fingerprint density at radius 1 is 1.19 bits per heavy atom. The molecule has 4 nitrogen and oxygen atoms in total. The third kappa shape index (κ3) is 3.12. The fraction of sp³-hybridized carbons (Fsp3) is 0.238. The van der Waals surface area contributed by atoms with E-state index in [1.54, 1.807) is 18.2 Å². The summed E-state index contributed by atoms with van der Waals surface area (Å²) in [7, 11) is 0. The van der Waals surface area contributed by atoms with Crippen molar-refractivity contribution in [1.82, 2.24) is 10.1 Å². The Hall–Kier alpha value is -2.95. The van der Waals surface area contributed by atoms with Crippen molar-refractivity contribution in [2.45, 2.75) is 25.8 Å². The number of aryl methyl sites for hydroxylation is 1.